The predicted octanol–water partition coefficient (Wildman–Crippen LogP) is 1.26. The Labute approximate surface area is 72.7 Å². The van der Waals surface area contributed by atoms with Crippen LogP contribution in [-0.4, -0.2) is 24.3 Å². The minimum atomic E-state index is -0.604. The van der Waals surface area contributed by atoms with Gasteiger partial charge in [0.1, 0.15) is 0 Å². The van der Waals surface area contributed by atoms with Crippen LogP contribution in [0.5, 0.6) is 0 Å². The second-order valence-corrected chi connectivity index (χ2v) is 3.80. The van der Waals surface area contributed by atoms with Crippen LogP contribution in [0.3, 0.4) is 0 Å². The van der Waals surface area contributed by atoms with E-state index in [0.29, 0.717) is 0 Å². The molecule has 0 bridgehead atoms. The van der Waals surface area contributed by atoms with Crippen LogP contribution in [0.25, 0.3) is 0 Å². The van der Waals surface area contributed by atoms with Crippen LogP contribution >= 0.6 is 0 Å². The molecule has 2 aliphatic heterocycles. The number of ether oxygens (including phenoxy) is 2. The van der Waals surface area contributed by atoms with Crippen LogP contribution in [0, 0.1) is 5.41 Å². The van der Waals surface area contributed by atoms with Crippen LogP contribution in [0.2, 0.25) is 0 Å². The van der Waals surface area contributed by atoms with Crippen LogP contribution in [0.15, 0.2) is 0 Å². The summed E-state index contributed by atoms with van der Waals surface area (Å²) in [7, 11) is 0. The van der Waals surface area contributed by atoms with Gasteiger partial charge in [-0.25, -0.2) is 0 Å². The monoisotopic (exact) mass is 172 g/mol. The first-order valence-corrected chi connectivity index (χ1v) is 4.72. The van der Waals surface area contributed by atoms with Gasteiger partial charge in [-0.2, -0.15) is 0 Å². The number of fused-ring (bicyclic) bond motifs is 1. The fourth-order valence-electron chi connectivity index (χ4n) is 2.23. The van der Waals surface area contributed by atoms with Gasteiger partial charge in [-0.1, -0.05) is 6.92 Å². The van der Waals surface area contributed by atoms with E-state index in [-0.39, 0.29) is 11.7 Å². The van der Waals surface area contributed by atoms with E-state index in [1.165, 1.54) is 0 Å². The lowest BCUT2D eigenvalue weighted by Gasteiger charge is -2.38. The Morgan fingerprint density at radius 1 is 1.50 bits per heavy atom. The smallest absolute Gasteiger partial charge is 0.166 e. The van der Waals surface area contributed by atoms with E-state index in [4.69, 9.17) is 9.47 Å². The lowest BCUT2D eigenvalue weighted by molar-refractivity contribution is -0.271. The maximum absolute atomic E-state index is 9.26. The average Bonchev–Trinajstić information content (AvgIpc) is 2.48. The van der Waals surface area contributed by atoms with Gasteiger partial charge in [0.05, 0.1) is 6.61 Å². The number of hydrogen-bond donors (Lipinski definition) is 1. The maximum Gasteiger partial charge on any atom is 0.166 e. The first-order chi connectivity index (χ1) is 5.77. The van der Waals surface area contributed by atoms with E-state index in [1.807, 2.05) is 0 Å². The van der Waals surface area contributed by atoms with Crippen molar-refractivity contribution >= 4 is 0 Å². The van der Waals surface area contributed by atoms with Gasteiger partial charge in [-0.15, -0.1) is 0 Å². The molecule has 0 aromatic rings. The van der Waals surface area contributed by atoms with Crippen molar-refractivity contribution < 1.29 is 14.6 Å². The molecule has 12 heavy (non-hydrogen) atoms. The standard InChI is InChI=1S/C9H16O3/c1-2-9-4-3-7(10)12-8(9)11-6-5-9/h7-8,10H,2-6H2,1H3/t7?,8-,9-/m0/s1. The highest BCUT2D eigenvalue weighted by atomic mass is 16.7. The van der Waals surface area contributed by atoms with Crippen molar-refractivity contribution in [1.82, 2.24) is 0 Å². The van der Waals surface area contributed by atoms with E-state index in [2.05, 4.69) is 6.92 Å². The molecule has 3 nitrogen and oxygen atoms in total. The van der Waals surface area contributed by atoms with Crippen molar-refractivity contribution in [3.8, 4) is 0 Å². The van der Waals surface area contributed by atoms with Gasteiger partial charge in [0.25, 0.3) is 0 Å². The summed E-state index contributed by atoms with van der Waals surface area (Å²) in [5, 5.41) is 9.26. The number of aliphatic hydroxyl groups is 1. The van der Waals surface area contributed by atoms with Crippen LogP contribution < -0.4 is 0 Å². The highest BCUT2D eigenvalue weighted by Gasteiger charge is 2.47. The summed E-state index contributed by atoms with van der Waals surface area (Å²) >= 11 is 0. The van der Waals surface area contributed by atoms with Crippen LogP contribution in [0.4, 0.5) is 0 Å². The maximum atomic E-state index is 9.26. The summed E-state index contributed by atoms with van der Waals surface area (Å²) in [5.41, 5.74) is 0.208. The summed E-state index contributed by atoms with van der Waals surface area (Å²) < 4.78 is 10.8. The van der Waals surface area contributed by atoms with Gasteiger partial charge >= 0.3 is 0 Å². The Morgan fingerprint density at radius 2 is 2.33 bits per heavy atom. The van der Waals surface area contributed by atoms with Gasteiger partial charge < -0.3 is 14.6 Å². The van der Waals surface area contributed by atoms with Crippen molar-refractivity contribution in [2.75, 3.05) is 6.61 Å². The molecular weight excluding hydrogens is 156 g/mol. The normalized spacial score (nSPS) is 47.5. The number of aliphatic hydroxyl groups excluding tert-OH is 1. The number of hydrogen-bond acceptors (Lipinski definition) is 3. The third-order valence-corrected chi connectivity index (χ3v) is 3.24. The Hall–Kier alpha value is -0.120. The van der Waals surface area contributed by atoms with Crippen LogP contribution in [-0.2, 0) is 9.47 Å². The molecule has 70 valence electrons. The molecule has 0 radical (unpaired) electrons. The molecular formula is C9H16O3. The number of rotatable bonds is 1. The summed E-state index contributed by atoms with van der Waals surface area (Å²) in [4.78, 5) is 0. The van der Waals surface area contributed by atoms with Gasteiger partial charge in [0, 0.05) is 5.41 Å². The first-order valence-electron chi connectivity index (χ1n) is 4.72. The molecule has 2 rings (SSSR count). The molecule has 0 aliphatic carbocycles. The third kappa shape index (κ3) is 1.16. The van der Waals surface area contributed by atoms with Gasteiger partial charge in [-0.05, 0) is 25.7 Å². The first kappa shape index (κ1) is 8.48. The molecule has 0 aromatic heterocycles. The fraction of sp³-hybridized carbons (Fsp3) is 1.00. The van der Waals surface area contributed by atoms with E-state index in [1.54, 1.807) is 0 Å². The Kier molecular flexibility index (Phi) is 2.10. The largest absolute Gasteiger partial charge is 0.368 e. The van der Waals surface area contributed by atoms with E-state index in [0.717, 1.165) is 32.3 Å². The van der Waals surface area contributed by atoms with Crippen LogP contribution in [0.1, 0.15) is 32.6 Å². The highest BCUT2D eigenvalue weighted by molar-refractivity contribution is 4.89. The molecule has 0 saturated carbocycles. The molecule has 0 amide bonds. The van der Waals surface area contributed by atoms with Gasteiger partial charge in [0.2, 0.25) is 0 Å². The van der Waals surface area contributed by atoms with Crippen molar-refractivity contribution in [3.63, 3.8) is 0 Å². The third-order valence-electron chi connectivity index (χ3n) is 3.24. The Balaban J connectivity index is 2.10. The molecule has 3 atom stereocenters. The zero-order valence-electron chi connectivity index (χ0n) is 7.45. The molecule has 2 heterocycles. The predicted molar refractivity (Wildman–Crippen MR) is 43.4 cm³/mol. The van der Waals surface area contributed by atoms with Gasteiger partial charge in [0.15, 0.2) is 12.6 Å². The van der Waals surface area contributed by atoms with Crippen molar-refractivity contribution in [2.24, 2.45) is 5.41 Å². The molecule has 3 heteroatoms. The molecule has 2 fully saturated rings. The summed E-state index contributed by atoms with van der Waals surface area (Å²) in [6.07, 6.45) is 3.22. The quantitative estimate of drug-likeness (QED) is 0.647. The minimum Gasteiger partial charge on any atom is -0.368 e. The summed E-state index contributed by atoms with van der Waals surface area (Å²) in [5.74, 6) is 0. The average molecular weight is 172 g/mol. The summed E-state index contributed by atoms with van der Waals surface area (Å²) in [6, 6.07) is 0. The lowest BCUT2D eigenvalue weighted by Crippen LogP contribution is -2.41. The highest BCUT2D eigenvalue weighted by Crippen LogP contribution is 2.46. The SMILES string of the molecule is CC[C@]12CCO[C@H]1OC(O)CC2. The summed E-state index contributed by atoms with van der Waals surface area (Å²) in [6.45, 7) is 2.95. The fourth-order valence-corrected chi connectivity index (χ4v) is 2.23. The lowest BCUT2D eigenvalue weighted by atomic mass is 9.77. The Bertz CT molecular complexity index is 171. The van der Waals surface area contributed by atoms with E-state index >= 15 is 0 Å². The molecule has 1 unspecified atom stereocenters. The van der Waals surface area contributed by atoms with Gasteiger partial charge in [-0.3, -0.25) is 0 Å². The van der Waals surface area contributed by atoms with Crippen molar-refractivity contribution in [2.45, 2.75) is 45.2 Å². The molecule has 0 aromatic carbocycles. The van der Waals surface area contributed by atoms with E-state index in [9.17, 15) is 5.11 Å². The van der Waals surface area contributed by atoms with Crippen molar-refractivity contribution in [3.05, 3.63) is 0 Å². The second-order valence-electron chi connectivity index (χ2n) is 3.80. The zero-order chi connectivity index (χ0) is 8.60. The zero-order valence-corrected chi connectivity index (χ0v) is 7.45. The molecule has 1 N–H and O–H groups in total. The second kappa shape index (κ2) is 2.98. The molecule has 2 aliphatic rings. The molecule has 2 saturated heterocycles. The topological polar surface area (TPSA) is 38.7 Å². The minimum absolute atomic E-state index is 0.147. The van der Waals surface area contributed by atoms with E-state index < -0.39 is 6.29 Å². The molecule has 0 spiro atoms. The van der Waals surface area contributed by atoms with Crippen molar-refractivity contribution in [1.29, 1.82) is 0 Å². The Morgan fingerprint density at radius 3 is 3.08 bits per heavy atom.